The van der Waals surface area contributed by atoms with Gasteiger partial charge in [0.25, 0.3) is 5.91 Å². The molecule has 136 valence electrons. The zero-order valence-corrected chi connectivity index (χ0v) is 16.1. The van der Waals surface area contributed by atoms with Gasteiger partial charge < -0.3 is 15.0 Å². The number of ether oxygens (including phenoxy) is 1. The fraction of sp³-hybridized carbons (Fsp3) is 0.158. The third kappa shape index (κ3) is 5.00. The highest BCUT2D eigenvalue weighted by atomic mass is 35.5. The maximum absolute atomic E-state index is 12.2. The Morgan fingerprint density at radius 3 is 2.42 bits per heavy atom. The van der Waals surface area contributed by atoms with Gasteiger partial charge in [0.1, 0.15) is 5.75 Å². The lowest BCUT2D eigenvalue weighted by Gasteiger charge is -2.14. The standard InChI is InChI=1S/C19H18Cl2N2O3/c1-23(2)19(25)13-6-8-17(26-3)16(11-13)22-18(24)9-5-12-4-7-14(20)15(21)10-12/h4-11H,1-3H3,(H,22,24). The molecule has 1 N–H and O–H groups in total. The van der Waals surface area contributed by atoms with Gasteiger partial charge in [-0.25, -0.2) is 0 Å². The molecule has 0 unspecified atom stereocenters. The van der Waals surface area contributed by atoms with Gasteiger partial charge in [-0.3, -0.25) is 9.59 Å². The Hall–Kier alpha value is -2.50. The summed E-state index contributed by atoms with van der Waals surface area (Å²) in [6, 6.07) is 9.91. The molecular weight excluding hydrogens is 375 g/mol. The van der Waals surface area contributed by atoms with Crippen molar-refractivity contribution in [3.05, 3.63) is 63.6 Å². The number of hydrogen-bond donors (Lipinski definition) is 1. The van der Waals surface area contributed by atoms with Gasteiger partial charge in [-0.15, -0.1) is 0 Å². The van der Waals surface area contributed by atoms with E-state index >= 15 is 0 Å². The Balaban J connectivity index is 2.19. The van der Waals surface area contributed by atoms with Crippen LogP contribution in [0.1, 0.15) is 15.9 Å². The van der Waals surface area contributed by atoms with Crippen molar-refractivity contribution in [2.75, 3.05) is 26.5 Å². The number of amides is 2. The Labute approximate surface area is 162 Å². The summed E-state index contributed by atoms with van der Waals surface area (Å²) in [5, 5.41) is 3.56. The summed E-state index contributed by atoms with van der Waals surface area (Å²) >= 11 is 11.8. The van der Waals surface area contributed by atoms with Crippen molar-refractivity contribution in [1.82, 2.24) is 4.90 Å². The van der Waals surface area contributed by atoms with E-state index in [0.29, 0.717) is 27.0 Å². The first-order valence-electron chi connectivity index (χ1n) is 7.65. The lowest BCUT2D eigenvalue weighted by atomic mass is 10.1. The Kier molecular flexibility index (Phi) is 6.66. The molecule has 0 heterocycles. The second kappa shape index (κ2) is 8.74. The number of methoxy groups -OCH3 is 1. The molecule has 7 heteroatoms. The van der Waals surface area contributed by atoms with Crippen LogP contribution in [0.15, 0.2) is 42.5 Å². The highest BCUT2D eigenvalue weighted by Crippen LogP contribution is 2.26. The number of nitrogens with zero attached hydrogens (tertiary/aromatic N) is 1. The Morgan fingerprint density at radius 2 is 1.81 bits per heavy atom. The lowest BCUT2D eigenvalue weighted by Crippen LogP contribution is -2.22. The first kappa shape index (κ1) is 19.8. The molecule has 0 aliphatic heterocycles. The number of anilines is 1. The number of nitrogens with one attached hydrogen (secondary N) is 1. The molecule has 0 radical (unpaired) electrons. The van der Waals surface area contributed by atoms with Gasteiger partial charge in [0.15, 0.2) is 0 Å². The average Bonchev–Trinajstić information content (AvgIpc) is 2.62. The lowest BCUT2D eigenvalue weighted by molar-refractivity contribution is -0.111. The summed E-state index contributed by atoms with van der Waals surface area (Å²) in [7, 11) is 4.81. The Bertz CT molecular complexity index is 864. The molecule has 2 amide bonds. The van der Waals surface area contributed by atoms with Crippen LogP contribution in [0.5, 0.6) is 5.75 Å². The fourth-order valence-electron chi connectivity index (χ4n) is 2.16. The van der Waals surface area contributed by atoms with E-state index in [1.54, 1.807) is 56.6 Å². The van der Waals surface area contributed by atoms with Gasteiger partial charge in [-0.2, -0.15) is 0 Å². The van der Waals surface area contributed by atoms with Crippen LogP contribution in [0.4, 0.5) is 5.69 Å². The number of benzene rings is 2. The highest BCUT2D eigenvalue weighted by molar-refractivity contribution is 6.42. The second-order valence-corrected chi connectivity index (χ2v) is 6.43. The van der Waals surface area contributed by atoms with E-state index in [4.69, 9.17) is 27.9 Å². The van der Waals surface area contributed by atoms with E-state index in [0.717, 1.165) is 5.56 Å². The minimum Gasteiger partial charge on any atom is -0.495 e. The predicted molar refractivity (Wildman–Crippen MR) is 105 cm³/mol. The van der Waals surface area contributed by atoms with Crippen LogP contribution in [0, 0.1) is 0 Å². The molecule has 0 atom stereocenters. The van der Waals surface area contributed by atoms with Crippen LogP contribution >= 0.6 is 23.2 Å². The van der Waals surface area contributed by atoms with Gasteiger partial charge in [0.2, 0.25) is 5.91 Å². The van der Waals surface area contributed by atoms with Crippen molar-refractivity contribution in [2.24, 2.45) is 0 Å². The number of rotatable bonds is 5. The zero-order chi connectivity index (χ0) is 19.3. The molecule has 2 rings (SSSR count). The van der Waals surface area contributed by atoms with Crippen molar-refractivity contribution in [2.45, 2.75) is 0 Å². The topological polar surface area (TPSA) is 58.6 Å². The third-order valence-corrected chi connectivity index (χ3v) is 4.22. The van der Waals surface area contributed by atoms with Crippen LogP contribution in [0.2, 0.25) is 10.0 Å². The van der Waals surface area contributed by atoms with Crippen molar-refractivity contribution in [3.63, 3.8) is 0 Å². The summed E-state index contributed by atoms with van der Waals surface area (Å²) in [5.41, 5.74) is 1.58. The van der Waals surface area contributed by atoms with Crippen LogP contribution in [-0.2, 0) is 4.79 Å². The van der Waals surface area contributed by atoms with Gasteiger partial charge in [0.05, 0.1) is 22.8 Å². The molecular formula is C19H18Cl2N2O3. The summed E-state index contributed by atoms with van der Waals surface area (Å²) in [6.45, 7) is 0. The quantitative estimate of drug-likeness (QED) is 0.769. The first-order valence-corrected chi connectivity index (χ1v) is 8.41. The summed E-state index contributed by atoms with van der Waals surface area (Å²) in [4.78, 5) is 25.8. The maximum atomic E-state index is 12.2. The second-order valence-electron chi connectivity index (χ2n) is 5.61. The monoisotopic (exact) mass is 392 g/mol. The molecule has 0 aliphatic carbocycles. The van der Waals surface area contributed by atoms with Crippen molar-refractivity contribution < 1.29 is 14.3 Å². The highest BCUT2D eigenvalue weighted by Gasteiger charge is 2.13. The number of hydrogen-bond acceptors (Lipinski definition) is 3. The van der Waals surface area contributed by atoms with Crippen LogP contribution in [-0.4, -0.2) is 37.9 Å². The molecule has 0 fully saturated rings. The summed E-state index contributed by atoms with van der Waals surface area (Å²) in [6.07, 6.45) is 2.97. The summed E-state index contributed by atoms with van der Waals surface area (Å²) in [5.74, 6) is -0.0880. The van der Waals surface area contributed by atoms with E-state index in [1.165, 1.54) is 18.1 Å². The minimum atomic E-state index is -0.371. The van der Waals surface area contributed by atoms with Gasteiger partial charge in [0, 0.05) is 25.7 Å². The van der Waals surface area contributed by atoms with Crippen molar-refractivity contribution in [3.8, 4) is 5.75 Å². The van der Waals surface area contributed by atoms with Crippen LogP contribution in [0.3, 0.4) is 0 Å². The van der Waals surface area contributed by atoms with E-state index in [-0.39, 0.29) is 11.8 Å². The van der Waals surface area contributed by atoms with E-state index < -0.39 is 0 Å². The number of halogens is 2. The minimum absolute atomic E-state index is 0.172. The van der Waals surface area contributed by atoms with Gasteiger partial charge in [-0.1, -0.05) is 29.3 Å². The predicted octanol–water partition coefficient (Wildman–Crippen LogP) is 4.36. The normalized spacial score (nSPS) is 10.7. The molecule has 2 aromatic rings. The van der Waals surface area contributed by atoms with Crippen molar-refractivity contribution >= 4 is 46.8 Å². The zero-order valence-electron chi connectivity index (χ0n) is 14.5. The van der Waals surface area contributed by atoms with E-state index in [2.05, 4.69) is 5.32 Å². The molecule has 2 aromatic carbocycles. The number of carbonyl (C=O) groups is 2. The first-order chi connectivity index (χ1) is 12.3. The van der Waals surface area contributed by atoms with Crippen LogP contribution < -0.4 is 10.1 Å². The molecule has 0 saturated heterocycles. The molecule has 0 spiro atoms. The van der Waals surface area contributed by atoms with E-state index in [9.17, 15) is 9.59 Å². The fourth-order valence-corrected chi connectivity index (χ4v) is 2.47. The molecule has 0 aromatic heterocycles. The maximum Gasteiger partial charge on any atom is 0.253 e. The molecule has 0 bridgehead atoms. The third-order valence-electron chi connectivity index (χ3n) is 3.48. The smallest absolute Gasteiger partial charge is 0.253 e. The van der Waals surface area contributed by atoms with Crippen LogP contribution in [0.25, 0.3) is 6.08 Å². The van der Waals surface area contributed by atoms with E-state index in [1.807, 2.05) is 0 Å². The average molecular weight is 393 g/mol. The van der Waals surface area contributed by atoms with Gasteiger partial charge in [-0.05, 0) is 42.0 Å². The Morgan fingerprint density at radius 1 is 1.08 bits per heavy atom. The molecule has 26 heavy (non-hydrogen) atoms. The number of carbonyl (C=O) groups excluding carboxylic acids is 2. The van der Waals surface area contributed by atoms with Gasteiger partial charge >= 0.3 is 0 Å². The largest absolute Gasteiger partial charge is 0.495 e. The van der Waals surface area contributed by atoms with Crippen molar-refractivity contribution in [1.29, 1.82) is 0 Å². The summed E-state index contributed by atoms with van der Waals surface area (Å²) < 4.78 is 5.24. The SMILES string of the molecule is COc1ccc(C(=O)N(C)C)cc1NC(=O)C=Cc1ccc(Cl)c(Cl)c1. The molecule has 0 saturated carbocycles. The molecule has 5 nitrogen and oxygen atoms in total. The molecule has 0 aliphatic rings.